The Labute approximate surface area is 233 Å². The first-order valence-electron chi connectivity index (χ1n) is 13.5. The van der Waals surface area contributed by atoms with Gasteiger partial charge in [0.1, 0.15) is 0 Å². The highest BCUT2D eigenvalue weighted by atomic mass is 15.3. The number of para-hydroxylation sites is 6. The van der Waals surface area contributed by atoms with E-state index in [0.717, 1.165) is 23.6 Å². The number of benzene rings is 5. The minimum Gasteiger partial charge on any atom is -0.366 e. The van der Waals surface area contributed by atoms with Crippen molar-refractivity contribution in [1.29, 1.82) is 0 Å². The summed E-state index contributed by atoms with van der Waals surface area (Å²) in [5, 5.41) is 5.92. The van der Waals surface area contributed by atoms with Crippen LogP contribution in [0.4, 0.5) is 17.1 Å². The molecule has 0 fully saturated rings. The molecule has 0 atom stereocenters. The molecule has 8 rings (SSSR count). The van der Waals surface area contributed by atoms with Crippen LogP contribution in [0.3, 0.4) is 0 Å². The smallest absolute Gasteiger partial charge is 0.0926 e. The second kappa shape index (κ2) is 10.4. The lowest BCUT2D eigenvalue weighted by atomic mass is 10.1. The maximum absolute atomic E-state index is 4.57. The highest BCUT2D eigenvalue weighted by Gasteiger charge is 2.18. The maximum Gasteiger partial charge on any atom is 0.0926 e. The summed E-state index contributed by atoms with van der Waals surface area (Å²) in [5.74, 6) is 0. The maximum atomic E-state index is 4.57. The van der Waals surface area contributed by atoms with E-state index in [1.807, 2.05) is 24.4 Å². The van der Waals surface area contributed by atoms with Crippen LogP contribution in [0.25, 0.3) is 38.8 Å². The van der Waals surface area contributed by atoms with E-state index in [0.29, 0.717) is 0 Å². The van der Waals surface area contributed by atoms with Crippen molar-refractivity contribution < 1.29 is 0 Å². The van der Waals surface area contributed by atoms with Gasteiger partial charge in [0.05, 0.1) is 40.5 Å². The standard InChI is InChI=1S/C23H16N2.C13H12N2/c1-4-13-21-17(9-1)18-10-2-5-14-22(18)25(21)23-15-6-3-11-19(23)20-12-7-8-16-24-20;1-2-6-11(7-3-1)15-10-14-12-8-4-5-9-13(12)15/h1-16H;1-9,14H,10H2. The van der Waals surface area contributed by atoms with Crippen LogP contribution in [0.5, 0.6) is 0 Å². The van der Waals surface area contributed by atoms with Gasteiger partial charge in [0, 0.05) is 28.2 Å². The minimum atomic E-state index is 0.851. The number of hydrogen-bond donors (Lipinski definition) is 1. The highest BCUT2D eigenvalue weighted by Crippen LogP contribution is 2.36. The molecule has 5 aromatic carbocycles. The van der Waals surface area contributed by atoms with Crippen molar-refractivity contribution in [3.63, 3.8) is 0 Å². The molecule has 0 saturated carbocycles. The number of rotatable bonds is 3. The van der Waals surface area contributed by atoms with Gasteiger partial charge in [0.2, 0.25) is 0 Å². The number of anilines is 3. The third-order valence-corrected chi connectivity index (χ3v) is 7.36. The summed E-state index contributed by atoms with van der Waals surface area (Å²) in [6.07, 6.45) is 1.85. The SMILES string of the molecule is c1ccc(-c2ccccc2-n2c3ccccc3c3ccccc32)nc1.c1ccc(N2CNc3ccccc32)cc1. The van der Waals surface area contributed by atoms with E-state index in [2.05, 4.69) is 147 Å². The molecule has 0 aliphatic carbocycles. The lowest BCUT2D eigenvalue weighted by molar-refractivity contribution is 1.10. The monoisotopic (exact) mass is 516 g/mol. The fraction of sp³-hybridized carbons (Fsp3) is 0.0278. The minimum absolute atomic E-state index is 0.851. The Hall–Kier alpha value is -5.35. The van der Waals surface area contributed by atoms with Gasteiger partial charge < -0.3 is 14.8 Å². The van der Waals surface area contributed by atoms with Crippen LogP contribution >= 0.6 is 0 Å². The molecule has 0 bridgehead atoms. The van der Waals surface area contributed by atoms with Crippen LogP contribution in [-0.2, 0) is 0 Å². The molecular weight excluding hydrogens is 488 g/mol. The fourth-order valence-electron chi connectivity index (χ4n) is 5.54. The summed E-state index contributed by atoms with van der Waals surface area (Å²) in [6.45, 7) is 0.851. The summed E-state index contributed by atoms with van der Waals surface area (Å²) in [4.78, 5) is 6.84. The number of nitrogens with zero attached hydrogens (tertiary/aromatic N) is 3. The zero-order chi connectivity index (χ0) is 26.7. The van der Waals surface area contributed by atoms with Crippen LogP contribution < -0.4 is 10.2 Å². The molecule has 0 saturated heterocycles. The van der Waals surface area contributed by atoms with Gasteiger partial charge in [-0.25, -0.2) is 0 Å². The predicted octanol–water partition coefficient (Wildman–Crippen LogP) is 9.05. The van der Waals surface area contributed by atoms with Crippen molar-refractivity contribution in [1.82, 2.24) is 9.55 Å². The topological polar surface area (TPSA) is 33.1 Å². The fourth-order valence-corrected chi connectivity index (χ4v) is 5.54. The average Bonchev–Trinajstić information content (AvgIpc) is 3.62. The molecule has 1 aliphatic heterocycles. The summed E-state index contributed by atoms with van der Waals surface area (Å²) in [5.41, 5.74) is 9.40. The van der Waals surface area contributed by atoms with Gasteiger partial charge in [-0.3, -0.25) is 4.98 Å². The van der Waals surface area contributed by atoms with Crippen LogP contribution in [0.15, 0.2) is 152 Å². The zero-order valence-corrected chi connectivity index (χ0v) is 22.0. The molecule has 192 valence electrons. The van der Waals surface area contributed by atoms with Crippen molar-refractivity contribution in [2.75, 3.05) is 16.9 Å². The Bertz CT molecular complexity index is 1860. The third kappa shape index (κ3) is 4.26. The van der Waals surface area contributed by atoms with Gasteiger partial charge in [0.15, 0.2) is 0 Å². The lowest BCUT2D eigenvalue weighted by Gasteiger charge is -2.17. The first-order chi connectivity index (χ1) is 19.9. The Kier molecular flexibility index (Phi) is 6.19. The molecule has 0 spiro atoms. The van der Waals surface area contributed by atoms with Gasteiger partial charge >= 0.3 is 0 Å². The van der Waals surface area contributed by atoms with Gasteiger partial charge in [0.25, 0.3) is 0 Å². The quantitative estimate of drug-likeness (QED) is 0.254. The predicted molar refractivity (Wildman–Crippen MR) is 168 cm³/mol. The van der Waals surface area contributed by atoms with Gasteiger partial charge in [-0.15, -0.1) is 0 Å². The van der Waals surface area contributed by atoms with Crippen LogP contribution in [0.1, 0.15) is 0 Å². The van der Waals surface area contributed by atoms with Crippen LogP contribution in [-0.4, -0.2) is 16.2 Å². The second-order valence-electron chi connectivity index (χ2n) is 9.72. The molecule has 2 aromatic heterocycles. The summed E-state index contributed by atoms with van der Waals surface area (Å²) in [7, 11) is 0. The first-order valence-corrected chi connectivity index (χ1v) is 13.5. The summed E-state index contributed by atoms with van der Waals surface area (Å²) >= 11 is 0. The zero-order valence-electron chi connectivity index (χ0n) is 22.0. The molecular formula is C36H28N4. The molecule has 4 heteroatoms. The van der Waals surface area contributed by atoms with Gasteiger partial charge in [-0.2, -0.15) is 0 Å². The number of hydrogen-bond acceptors (Lipinski definition) is 3. The molecule has 4 nitrogen and oxygen atoms in total. The van der Waals surface area contributed by atoms with Crippen molar-refractivity contribution in [3.8, 4) is 16.9 Å². The van der Waals surface area contributed by atoms with Crippen molar-refractivity contribution in [3.05, 3.63) is 152 Å². The molecule has 0 radical (unpaired) electrons. The third-order valence-electron chi connectivity index (χ3n) is 7.36. The van der Waals surface area contributed by atoms with E-state index >= 15 is 0 Å². The van der Waals surface area contributed by atoms with Crippen molar-refractivity contribution in [2.45, 2.75) is 0 Å². The second-order valence-corrected chi connectivity index (χ2v) is 9.72. The van der Waals surface area contributed by atoms with Crippen molar-refractivity contribution in [2.24, 2.45) is 0 Å². The van der Waals surface area contributed by atoms with E-state index in [1.54, 1.807) is 0 Å². The highest BCUT2D eigenvalue weighted by molar-refractivity contribution is 6.09. The summed E-state index contributed by atoms with van der Waals surface area (Å²) in [6, 6.07) is 50.5. The molecule has 1 aliphatic rings. The molecule has 0 unspecified atom stereocenters. The Morgan fingerprint density at radius 2 is 1.12 bits per heavy atom. The van der Waals surface area contributed by atoms with Crippen LogP contribution in [0.2, 0.25) is 0 Å². The van der Waals surface area contributed by atoms with E-state index < -0.39 is 0 Å². The van der Waals surface area contributed by atoms with E-state index in [4.69, 9.17) is 0 Å². The Morgan fingerprint density at radius 1 is 0.525 bits per heavy atom. The summed E-state index contributed by atoms with van der Waals surface area (Å²) < 4.78 is 2.34. The largest absolute Gasteiger partial charge is 0.366 e. The van der Waals surface area contributed by atoms with Gasteiger partial charge in [-0.1, -0.05) is 91.0 Å². The average molecular weight is 517 g/mol. The first kappa shape index (κ1) is 23.7. The molecule has 7 aromatic rings. The van der Waals surface area contributed by atoms with Gasteiger partial charge in [-0.05, 0) is 54.6 Å². The Balaban J connectivity index is 0.000000150. The van der Waals surface area contributed by atoms with Crippen molar-refractivity contribution >= 4 is 38.9 Å². The van der Waals surface area contributed by atoms with E-state index in [9.17, 15) is 0 Å². The number of aromatic nitrogens is 2. The normalized spacial score (nSPS) is 12.1. The number of pyridine rings is 1. The number of nitrogens with one attached hydrogen (secondary N) is 1. The Morgan fingerprint density at radius 3 is 1.85 bits per heavy atom. The van der Waals surface area contributed by atoms with E-state index in [-0.39, 0.29) is 0 Å². The molecule has 3 heterocycles. The van der Waals surface area contributed by atoms with E-state index in [1.165, 1.54) is 38.9 Å². The van der Waals surface area contributed by atoms with Crippen LogP contribution in [0, 0.1) is 0 Å². The molecule has 1 N–H and O–H groups in total. The lowest BCUT2D eigenvalue weighted by Crippen LogP contribution is -2.15. The number of fused-ring (bicyclic) bond motifs is 4. The molecule has 0 amide bonds. The molecule has 40 heavy (non-hydrogen) atoms.